The van der Waals surface area contributed by atoms with E-state index in [1.165, 1.54) is 0 Å². The Morgan fingerprint density at radius 1 is 1.28 bits per heavy atom. The highest BCUT2D eigenvalue weighted by atomic mass is 19.4. The van der Waals surface area contributed by atoms with Crippen molar-refractivity contribution in [2.75, 3.05) is 13.2 Å². The largest absolute Gasteiger partial charge is 0.411 e. The highest BCUT2D eigenvalue weighted by Gasteiger charge is 2.27. The van der Waals surface area contributed by atoms with E-state index >= 15 is 0 Å². The summed E-state index contributed by atoms with van der Waals surface area (Å²) in [6, 6.07) is 8.22. The molecule has 1 atom stereocenters. The number of carbonyl (C=O) groups excluding carboxylic acids is 1. The topological polar surface area (TPSA) is 56.2 Å². The van der Waals surface area contributed by atoms with Gasteiger partial charge in [-0.25, -0.2) is 4.68 Å². The van der Waals surface area contributed by atoms with Crippen LogP contribution in [0.2, 0.25) is 0 Å². The quantitative estimate of drug-likeness (QED) is 0.866. The molecule has 0 spiro atoms. The third kappa shape index (κ3) is 5.60. The van der Waals surface area contributed by atoms with Gasteiger partial charge in [0.25, 0.3) is 5.91 Å². The maximum atomic E-state index is 12.1. The average molecular weight is 355 g/mol. The van der Waals surface area contributed by atoms with Crippen molar-refractivity contribution in [1.82, 2.24) is 15.1 Å². The SMILES string of the molecule is Cc1cc(C)n(-c2ccc(C(=O)NC(C)COCC(F)(F)F)cc2)n1. The van der Waals surface area contributed by atoms with Crippen LogP contribution in [0.1, 0.15) is 28.7 Å². The molecule has 0 bridgehead atoms. The van der Waals surface area contributed by atoms with Crippen molar-refractivity contribution < 1.29 is 22.7 Å². The van der Waals surface area contributed by atoms with Crippen LogP contribution in [0.4, 0.5) is 13.2 Å². The number of rotatable bonds is 6. The fourth-order valence-electron chi connectivity index (χ4n) is 2.34. The van der Waals surface area contributed by atoms with Crippen LogP contribution in [-0.4, -0.2) is 41.1 Å². The van der Waals surface area contributed by atoms with Gasteiger partial charge in [0.1, 0.15) is 6.61 Å². The number of aryl methyl sites for hydroxylation is 2. The van der Waals surface area contributed by atoms with E-state index < -0.39 is 18.8 Å². The van der Waals surface area contributed by atoms with Crippen LogP contribution in [0.3, 0.4) is 0 Å². The first-order chi connectivity index (χ1) is 11.7. The minimum Gasteiger partial charge on any atom is -0.370 e. The van der Waals surface area contributed by atoms with Gasteiger partial charge in [0, 0.05) is 17.3 Å². The van der Waals surface area contributed by atoms with Crippen molar-refractivity contribution in [3.63, 3.8) is 0 Å². The van der Waals surface area contributed by atoms with Crippen LogP contribution in [0.25, 0.3) is 5.69 Å². The van der Waals surface area contributed by atoms with Gasteiger partial charge in [-0.2, -0.15) is 18.3 Å². The first kappa shape index (κ1) is 19.0. The highest BCUT2D eigenvalue weighted by molar-refractivity contribution is 5.94. The maximum absolute atomic E-state index is 12.1. The Labute approximate surface area is 143 Å². The van der Waals surface area contributed by atoms with E-state index in [-0.39, 0.29) is 12.5 Å². The van der Waals surface area contributed by atoms with Crippen LogP contribution in [-0.2, 0) is 4.74 Å². The zero-order chi connectivity index (χ0) is 18.6. The second-order valence-corrected chi connectivity index (χ2v) is 5.89. The minimum atomic E-state index is -4.37. The van der Waals surface area contributed by atoms with E-state index in [0.29, 0.717) is 5.56 Å². The molecule has 0 aliphatic carbocycles. The summed E-state index contributed by atoms with van der Waals surface area (Å²) in [4.78, 5) is 12.1. The molecule has 1 amide bonds. The molecule has 0 radical (unpaired) electrons. The Morgan fingerprint density at radius 2 is 1.92 bits per heavy atom. The molecule has 0 fully saturated rings. The number of ether oxygens (including phenoxy) is 1. The summed E-state index contributed by atoms with van der Waals surface area (Å²) in [5.74, 6) is -0.372. The molecule has 25 heavy (non-hydrogen) atoms. The van der Waals surface area contributed by atoms with Gasteiger partial charge in [0.05, 0.1) is 18.0 Å². The fraction of sp³-hybridized carbons (Fsp3) is 0.412. The number of nitrogens with one attached hydrogen (secondary N) is 1. The van der Waals surface area contributed by atoms with Crippen LogP contribution >= 0.6 is 0 Å². The van der Waals surface area contributed by atoms with Gasteiger partial charge in [-0.1, -0.05) is 0 Å². The molecule has 1 aromatic heterocycles. The Kier molecular flexibility index (Phi) is 5.84. The van der Waals surface area contributed by atoms with Crippen molar-refractivity contribution in [2.24, 2.45) is 0 Å². The number of benzene rings is 1. The highest BCUT2D eigenvalue weighted by Crippen LogP contribution is 2.15. The van der Waals surface area contributed by atoms with Crippen LogP contribution in [0.15, 0.2) is 30.3 Å². The standard InChI is InChI=1S/C17H20F3N3O2/c1-11-8-13(3)23(22-11)15-6-4-14(5-7-15)16(24)21-12(2)9-25-10-17(18,19)20/h4-8,12H,9-10H2,1-3H3,(H,21,24). The summed E-state index contributed by atoms with van der Waals surface area (Å²) in [7, 11) is 0. The molecule has 136 valence electrons. The molecular weight excluding hydrogens is 335 g/mol. The second-order valence-electron chi connectivity index (χ2n) is 5.89. The van der Waals surface area contributed by atoms with E-state index in [1.54, 1.807) is 35.9 Å². The summed E-state index contributed by atoms with van der Waals surface area (Å²) in [5.41, 5.74) is 3.11. The lowest BCUT2D eigenvalue weighted by molar-refractivity contribution is -0.174. The summed E-state index contributed by atoms with van der Waals surface area (Å²) < 4.78 is 42.4. The predicted octanol–water partition coefficient (Wildman–Crippen LogP) is 3.19. The van der Waals surface area contributed by atoms with Gasteiger partial charge in [0.15, 0.2) is 0 Å². The van der Waals surface area contributed by atoms with Gasteiger partial charge in [0.2, 0.25) is 0 Å². The predicted molar refractivity (Wildman–Crippen MR) is 86.8 cm³/mol. The van der Waals surface area contributed by atoms with E-state index in [0.717, 1.165) is 17.1 Å². The van der Waals surface area contributed by atoms with Crippen LogP contribution in [0.5, 0.6) is 0 Å². The van der Waals surface area contributed by atoms with E-state index in [9.17, 15) is 18.0 Å². The first-order valence-corrected chi connectivity index (χ1v) is 7.75. The first-order valence-electron chi connectivity index (χ1n) is 7.75. The van der Waals surface area contributed by atoms with Gasteiger partial charge in [-0.05, 0) is 51.1 Å². The number of carbonyl (C=O) groups is 1. The number of nitrogens with zero attached hydrogens (tertiary/aromatic N) is 2. The molecular formula is C17H20F3N3O2. The van der Waals surface area contributed by atoms with Crippen molar-refractivity contribution >= 4 is 5.91 Å². The van der Waals surface area contributed by atoms with Gasteiger partial charge in [-0.3, -0.25) is 4.79 Å². The molecule has 1 N–H and O–H groups in total. The lowest BCUT2D eigenvalue weighted by Gasteiger charge is -2.15. The van der Waals surface area contributed by atoms with Gasteiger partial charge < -0.3 is 10.1 Å². The van der Waals surface area contributed by atoms with Crippen molar-refractivity contribution in [3.8, 4) is 5.69 Å². The Bertz CT molecular complexity index is 724. The van der Waals surface area contributed by atoms with Crippen molar-refractivity contribution in [1.29, 1.82) is 0 Å². The van der Waals surface area contributed by atoms with Gasteiger partial charge >= 0.3 is 6.18 Å². The Morgan fingerprint density at radius 3 is 2.44 bits per heavy atom. The molecule has 2 rings (SSSR count). The zero-order valence-electron chi connectivity index (χ0n) is 14.2. The number of hydrogen-bond donors (Lipinski definition) is 1. The van der Waals surface area contributed by atoms with Crippen LogP contribution in [0, 0.1) is 13.8 Å². The lowest BCUT2D eigenvalue weighted by atomic mass is 10.2. The van der Waals surface area contributed by atoms with E-state index in [2.05, 4.69) is 15.2 Å². The summed E-state index contributed by atoms with van der Waals surface area (Å²) in [5, 5.41) is 6.97. The molecule has 0 aliphatic heterocycles. The lowest BCUT2D eigenvalue weighted by Crippen LogP contribution is -2.36. The number of halogens is 3. The number of aromatic nitrogens is 2. The van der Waals surface area contributed by atoms with Crippen molar-refractivity contribution in [2.45, 2.75) is 33.0 Å². The summed E-state index contributed by atoms with van der Waals surface area (Å²) in [6.07, 6.45) is -4.37. The Balaban J connectivity index is 1.93. The number of alkyl halides is 3. The number of hydrogen-bond acceptors (Lipinski definition) is 3. The maximum Gasteiger partial charge on any atom is 0.411 e. The molecule has 0 saturated heterocycles. The molecule has 5 nitrogen and oxygen atoms in total. The summed E-state index contributed by atoms with van der Waals surface area (Å²) >= 11 is 0. The molecule has 8 heteroatoms. The van der Waals surface area contributed by atoms with Gasteiger partial charge in [-0.15, -0.1) is 0 Å². The van der Waals surface area contributed by atoms with E-state index in [4.69, 9.17) is 0 Å². The van der Waals surface area contributed by atoms with Crippen LogP contribution < -0.4 is 5.32 Å². The third-order valence-electron chi connectivity index (χ3n) is 3.39. The average Bonchev–Trinajstić information content (AvgIpc) is 2.84. The second kappa shape index (κ2) is 7.69. The van der Waals surface area contributed by atoms with E-state index in [1.807, 2.05) is 19.9 Å². The number of amides is 1. The molecule has 1 unspecified atom stereocenters. The molecule has 1 aromatic carbocycles. The fourth-order valence-corrected chi connectivity index (χ4v) is 2.34. The zero-order valence-corrected chi connectivity index (χ0v) is 14.2. The molecule has 0 aliphatic rings. The normalized spacial score (nSPS) is 12.9. The molecule has 1 heterocycles. The molecule has 0 saturated carbocycles. The Hall–Kier alpha value is -2.35. The monoisotopic (exact) mass is 355 g/mol. The smallest absolute Gasteiger partial charge is 0.370 e. The molecule has 2 aromatic rings. The third-order valence-corrected chi connectivity index (χ3v) is 3.39. The van der Waals surface area contributed by atoms with Crippen molar-refractivity contribution in [3.05, 3.63) is 47.3 Å². The summed E-state index contributed by atoms with van der Waals surface area (Å²) in [6.45, 7) is 3.87. The minimum absolute atomic E-state index is 0.213.